The molecule has 4 aliphatic rings. The van der Waals surface area contributed by atoms with Crippen molar-refractivity contribution in [2.45, 2.75) is 206 Å². The van der Waals surface area contributed by atoms with Gasteiger partial charge in [-0.25, -0.2) is 0 Å². The van der Waals surface area contributed by atoms with Gasteiger partial charge in [-0.2, -0.15) is 0 Å². The van der Waals surface area contributed by atoms with Gasteiger partial charge in [-0.1, -0.05) is 0 Å². The molecule has 0 aromatic heterocycles. The van der Waals surface area contributed by atoms with Crippen molar-refractivity contribution in [2.24, 2.45) is 46.3 Å². The maximum absolute atomic E-state index is 15.3. The highest BCUT2D eigenvalue weighted by atomic mass is 16.4. The van der Waals surface area contributed by atoms with E-state index in [1.165, 1.54) is 0 Å². The number of carboxylic acid groups (broad SMARTS) is 4. The van der Waals surface area contributed by atoms with Crippen molar-refractivity contribution in [3.8, 4) is 0 Å². The molecule has 4 fully saturated rings. The van der Waals surface area contributed by atoms with Crippen molar-refractivity contribution in [1.29, 1.82) is 0 Å². The first kappa shape index (κ1) is 50.4. The molecule has 0 aliphatic carbocycles. The summed E-state index contributed by atoms with van der Waals surface area (Å²) in [7, 11) is 7.82. The molecule has 4 N–H and O–H groups in total. The lowest BCUT2D eigenvalue weighted by Crippen LogP contribution is -2.77. The van der Waals surface area contributed by atoms with Crippen LogP contribution in [0.4, 0.5) is 0 Å². The van der Waals surface area contributed by atoms with E-state index < -0.39 is 92.4 Å². The average Bonchev–Trinajstić information content (AvgIpc) is 3.07. The molecular weight excluding hydrogens is 761 g/mol. The second-order valence-electron chi connectivity index (χ2n) is 24.6. The highest BCUT2D eigenvalue weighted by Gasteiger charge is 2.77. The number of aliphatic carboxylic acids is 4. The molecule has 12 nitrogen and oxygen atoms in total. The highest BCUT2D eigenvalue weighted by Crippen LogP contribution is 2.68. The maximum atomic E-state index is 15.3. The van der Waals surface area contributed by atoms with E-state index in [0.29, 0.717) is 51.4 Å². The van der Waals surface area contributed by atoms with Gasteiger partial charge in [0.05, 0.1) is 22.7 Å². The van der Waals surface area contributed by atoms with E-state index in [9.17, 15) is 20.4 Å². The van der Waals surface area contributed by atoms with Gasteiger partial charge < -0.3 is 20.4 Å². The van der Waals surface area contributed by atoms with Gasteiger partial charge in [0.25, 0.3) is 0 Å². The van der Waals surface area contributed by atoms with Crippen LogP contribution in [0.25, 0.3) is 0 Å². The van der Waals surface area contributed by atoms with Crippen molar-refractivity contribution in [1.82, 2.24) is 19.6 Å². The predicted octanol–water partition coefficient (Wildman–Crippen LogP) is 8.13. The molecule has 0 aromatic carbocycles. The lowest BCUT2D eigenvalue weighted by atomic mass is 9.39. The van der Waals surface area contributed by atoms with Crippen molar-refractivity contribution in [3.63, 3.8) is 0 Å². The van der Waals surface area contributed by atoms with Crippen LogP contribution < -0.4 is 0 Å². The van der Waals surface area contributed by atoms with Gasteiger partial charge in [0, 0.05) is 44.3 Å². The Kier molecular flexibility index (Phi) is 12.7. The molecule has 0 bridgehead atoms. The Morgan fingerprint density at radius 1 is 0.400 bits per heavy atom. The Labute approximate surface area is 363 Å². The average molecular weight is 847 g/mol. The molecule has 60 heavy (non-hydrogen) atoms. The van der Waals surface area contributed by atoms with Crippen LogP contribution in [0.3, 0.4) is 0 Å². The van der Waals surface area contributed by atoms with E-state index in [0.717, 1.165) is 0 Å². The molecule has 6 atom stereocenters. The van der Waals surface area contributed by atoms with Crippen LogP contribution in [0.2, 0.25) is 0 Å². The van der Waals surface area contributed by atoms with Gasteiger partial charge in [0.15, 0.2) is 0 Å². The fourth-order valence-electron chi connectivity index (χ4n) is 14.9. The molecule has 0 saturated carbocycles. The van der Waals surface area contributed by atoms with E-state index in [1.54, 1.807) is 0 Å². The minimum absolute atomic E-state index is 0.324. The fraction of sp³-hybridized carbons (Fsp3) is 0.917. The summed E-state index contributed by atoms with van der Waals surface area (Å²) in [5, 5.41) is 49.4. The molecule has 0 radical (unpaired) electrons. The van der Waals surface area contributed by atoms with Gasteiger partial charge in [-0.15, -0.1) is 0 Å². The second-order valence-corrected chi connectivity index (χ2v) is 24.6. The molecule has 4 heterocycles. The lowest BCUT2D eigenvalue weighted by molar-refractivity contribution is -0.240. The van der Waals surface area contributed by atoms with E-state index in [4.69, 9.17) is 0 Å². The van der Waals surface area contributed by atoms with E-state index >= 15 is 19.2 Å². The van der Waals surface area contributed by atoms with Crippen LogP contribution in [0.1, 0.15) is 162 Å². The summed E-state index contributed by atoms with van der Waals surface area (Å²) >= 11 is 0. The topological polar surface area (TPSA) is 162 Å². The van der Waals surface area contributed by atoms with Crippen molar-refractivity contribution in [3.05, 3.63) is 0 Å². The summed E-state index contributed by atoms with van der Waals surface area (Å²) in [6, 6.07) is 0. The van der Waals surface area contributed by atoms with Crippen LogP contribution in [0, 0.1) is 46.3 Å². The Morgan fingerprint density at radius 2 is 0.567 bits per heavy atom. The van der Waals surface area contributed by atoms with E-state index in [2.05, 4.69) is 75.0 Å². The number of piperidine rings is 4. The third kappa shape index (κ3) is 7.06. The Bertz CT molecular complexity index is 1490. The summed E-state index contributed by atoms with van der Waals surface area (Å²) in [6.07, 6.45) is 3.46. The third-order valence-corrected chi connectivity index (χ3v) is 19.6. The Morgan fingerprint density at radius 3 is 0.700 bits per heavy atom. The van der Waals surface area contributed by atoms with E-state index in [-0.39, 0.29) is 22.2 Å². The fourth-order valence-corrected chi connectivity index (χ4v) is 14.9. The minimum atomic E-state index is -2.24. The highest BCUT2D eigenvalue weighted by molar-refractivity contribution is 5.93. The molecule has 0 spiro atoms. The molecule has 6 unspecified atom stereocenters. The molecule has 4 aliphatic heterocycles. The van der Waals surface area contributed by atoms with Crippen LogP contribution >= 0.6 is 0 Å². The number of nitrogens with zero attached hydrogens (tertiary/aromatic N) is 4. The summed E-state index contributed by atoms with van der Waals surface area (Å²) in [5.74, 6) is -13.6. The van der Waals surface area contributed by atoms with Gasteiger partial charge in [-0.3, -0.25) is 38.8 Å². The summed E-state index contributed by atoms with van der Waals surface area (Å²) < 4.78 is 0. The monoisotopic (exact) mass is 847 g/mol. The Balaban J connectivity index is 2.33. The zero-order valence-corrected chi connectivity index (χ0v) is 41.3. The van der Waals surface area contributed by atoms with Gasteiger partial charge in [0.1, 0.15) is 0 Å². The first-order valence-electron chi connectivity index (χ1n) is 22.6. The molecule has 4 rings (SSSR count). The van der Waals surface area contributed by atoms with Gasteiger partial charge in [-0.05, 0) is 214 Å². The minimum Gasteiger partial charge on any atom is -0.481 e. The van der Waals surface area contributed by atoms with Crippen LogP contribution in [-0.4, -0.2) is 136 Å². The maximum Gasteiger partial charge on any atom is 0.311 e. The van der Waals surface area contributed by atoms with Gasteiger partial charge in [0.2, 0.25) is 0 Å². The first-order chi connectivity index (χ1) is 26.7. The number of hydrogen-bond acceptors (Lipinski definition) is 8. The molecule has 346 valence electrons. The summed E-state index contributed by atoms with van der Waals surface area (Å²) in [5.41, 5.74) is -9.82. The number of hydrogen-bond donors (Lipinski definition) is 4. The van der Waals surface area contributed by atoms with E-state index in [1.807, 2.05) is 83.6 Å². The number of carbonyl (C=O) groups is 4. The lowest BCUT2D eigenvalue weighted by Gasteiger charge is -2.69. The van der Waals surface area contributed by atoms with Gasteiger partial charge >= 0.3 is 23.9 Å². The molecule has 0 aromatic rings. The smallest absolute Gasteiger partial charge is 0.311 e. The molecule has 12 heteroatoms. The first-order valence-corrected chi connectivity index (χ1v) is 22.6. The molecule has 0 amide bonds. The van der Waals surface area contributed by atoms with Crippen LogP contribution in [0.15, 0.2) is 0 Å². The van der Waals surface area contributed by atoms with Crippen LogP contribution in [0.5, 0.6) is 0 Å². The summed E-state index contributed by atoms with van der Waals surface area (Å²) in [6.45, 7) is 32.6. The quantitative estimate of drug-likeness (QED) is 0.158. The zero-order valence-electron chi connectivity index (χ0n) is 41.3. The van der Waals surface area contributed by atoms with Crippen molar-refractivity contribution >= 4 is 23.9 Å². The SMILES string of the molecule is CN1C(C)(C)CCC(C(C(=O)O)(C(C(=O)O)C(C(=O)O)C(C(=O)O)(C2CCC(C)(C)N(C)C2(C)C)C2CCC(C)(C)N(C)C2(C)C)C2CCC(C)(C)N(C)C2(C)C)C1(C)C. The standard InChI is InChI=1S/C48H86N4O8/c1-39(2)25-21-29(43(9,10)49(39)17)47(37(57)58,30-22-26-40(3,4)50(18)44(30,11)12)33(35(53)54)34(36(55)56)48(38(59)60,31-23-27-41(5,6)51(19)45(31,13)14)32-24-28-42(7,8)52(20)46(32,15)16/h29-34H,21-28H2,1-20H3,(H,53,54)(H,55,56)(H,57,58)(H,59,60). The third-order valence-electron chi connectivity index (χ3n) is 19.6. The van der Waals surface area contributed by atoms with Crippen LogP contribution in [-0.2, 0) is 19.2 Å². The van der Waals surface area contributed by atoms with Crippen molar-refractivity contribution in [2.75, 3.05) is 28.2 Å². The Hall–Kier alpha value is -2.28. The van der Waals surface area contributed by atoms with Crippen molar-refractivity contribution < 1.29 is 39.6 Å². The number of rotatable bonds is 11. The largest absolute Gasteiger partial charge is 0.481 e. The second kappa shape index (κ2) is 15.2. The normalized spacial score (nSPS) is 34.3. The predicted molar refractivity (Wildman–Crippen MR) is 237 cm³/mol. The number of carboxylic acids is 4. The summed E-state index contributed by atoms with van der Waals surface area (Å²) in [4.78, 5) is 69.3. The number of likely N-dealkylation sites (tertiary alicyclic amines) is 4. The molecule has 4 saturated heterocycles. The molecular formula is C48H86N4O8. The zero-order chi connectivity index (χ0) is 46.7.